The molecular formula is C13H22N2O2. The maximum Gasteiger partial charge on any atom is 0.246 e. The molecule has 1 N–H and O–H groups in total. The summed E-state index contributed by atoms with van der Waals surface area (Å²) < 4.78 is 0. The number of allylic oxidation sites excluding steroid dienone is 1. The monoisotopic (exact) mass is 238 g/mol. The van der Waals surface area contributed by atoms with Gasteiger partial charge in [0.15, 0.2) is 0 Å². The van der Waals surface area contributed by atoms with Gasteiger partial charge in [0.2, 0.25) is 11.8 Å². The maximum absolute atomic E-state index is 12.2. The van der Waals surface area contributed by atoms with Crippen LogP contribution in [-0.2, 0) is 9.59 Å². The van der Waals surface area contributed by atoms with Crippen LogP contribution in [0.1, 0.15) is 41.0 Å². The molecule has 0 aliphatic carbocycles. The largest absolute Gasteiger partial charge is 0.342 e. The van der Waals surface area contributed by atoms with Crippen molar-refractivity contribution in [3.05, 3.63) is 11.6 Å². The molecule has 2 amide bonds. The quantitative estimate of drug-likeness (QED) is 0.757. The standard InChI is InChI=1S/C13H22N2O2/c1-6-10-11(16)15(8-7-9(2)3)13(4,5)12(17)14-10/h7,10H,6,8H2,1-5H3,(H,14,17). The summed E-state index contributed by atoms with van der Waals surface area (Å²) in [5, 5.41) is 2.77. The number of nitrogens with one attached hydrogen (secondary N) is 1. The van der Waals surface area contributed by atoms with E-state index in [0.29, 0.717) is 13.0 Å². The second kappa shape index (κ2) is 4.90. The number of piperazine rings is 1. The average Bonchev–Trinajstić information content (AvgIpc) is 2.22. The molecule has 0 spiro atoms. The number of hydrogen-bond acceptors (Lipinski definition) is 2. The molecule has 1 fully saturated rings. The average molecular weight is 238 g/mol. The van der Waals surface area contributed by atoms with E-state index in [1.54, 1.807) is 18.7 Å². The zero-order valence-electron chi connectivity index (χ0n) is 11.3. The first-order chi connectivity index (χ1) is 7.80. The van der Waals surface area contributed by atoms with Gasteiger partial charge in [-0.25, -0.2) is 0 Å². The number of carbonyl (C=O) groups is 2. The summed E-state index contributed by atoms with van der Waals surface area (Å²) in [5.41, 5.74) is 0.377. The maximum atomic E-state index is 12.2. The van der Waals surface area contributed by atoms with Crippen LogP contribution in [0.4, 0.5) is 0 Å². The lowest BCUT2D eigenvalue weighted by atomic mass is 9.94. The molecule has 1 unspecified atom stereocenters. The second-order valence-corrected chi connectivity index (χ2v) is 5.22. The number of amides is 2. The van der Waals surface area contributed by atoms with Gasteiger partial charge in [0.05, 0.1) is 0 Å². The van der Waals surface area contributed by atoms with E-state index in [-0.39, 0.29) is 17.9 Å². The summed E-state index contributed by atoms with van der Waals surface area (Å²) >= 11 is 0. The highest BCUT2D eigenvalue weighted by molar-refractivity contribution is 5.99. The van der Waals surface area contributed by atoms with Crippen LogP contribution >= 0.6 is 0 Å². The van der Waals surface area contributed by atoms with Gasteiger partial charge in [-0.3, -0.25) is 9.59 Å². The van der Waals surface area contributed by atoms with Gasteiger partial charge in [-0.2, -0.15) is 0 Å². The third-order valence-electron chi connectivity index (χ3n) is 3.19. The van der Waals surface area contributed by atoms with Crippen molar-refractivity contribution >= 4 is 11.8 Å². The van der Waals surface area contributed by atoms with Gasteiger partial charge in [0, 0.05) is 6.54 Å². The van der Waals surface area contributed by atoms with Crippen molar-refractivity contribution in [2.24, 2.45) is 0 Å². The number of hydrogen-bond donors (Lipinski definition) is 1. The molecule has 4 nitrogen and oxygen atoms in total. The Morgan fingerprint density at radius 3 is 2.47 bits per heavy atom. The van der Waals surface area contributed by atoms with Crippen molar-refractivity contribution in [2.45, 2.75) is 52.6 Å². The van der Waals surface area contributed by atoms with Crippen molar-refractivity contribution < 1.29 is 9.59 Å². The molecule has 0 radical (unpaired) electrons. The van der Waals surface area contributed by atoms with Crippen LogP contribution in [0.15, 0.2) is 11.6 Å². The van der Waals surface area contributed by atoms with E-state index >= 15 is 0 Å². The van der Waals surface area contributed by atoms with E-state index in [9.17, 15) is 9.59 Å². The molecule has 0 bridgehead atoms. The van der Waals surface area contributed by atoms with E-state index in [4.69, 9.17) is 0 Å². The third kappa shape index (κ3) is 2.68. The SMILES string of the molecule is CCC1NC(=O)C(C)(C)N(CC=C(C)C)C1=O. The normalized spacial score (nSPS) is 23.4. The molecule has 0 aromatic rings. The van der Waals surface area contributed by atoms with Crippen LogP contribution in [-0.4, -0.2) is 34.8 Å². The lowest BCUT2D eigenvalue weighted by molar-refractivity contribution is -0.154. The minimum absolute atomic E-state index is 0.00889. The molecule has 1 aliphatic rings. The van der Waals surface area contributed by atoms with Crippen molar-refractivity contribution in [1.29, 1.82) is 0 Å². The topological polar surface area (TPSA) is 49.4 Å². The summed E-state index contributed by atoms with van der Waals surface area (Å²) in [6.45, 7) is 9.94. The Balaban J connectivity index is 2.98. The fraction of sp³-hybridized carbons (Fsp3) is 0.692. The fourth-order valence-electron chi connectivity index (χ4n) is 1.85. The summed E-state index contributed by atoms with van der Waals surface area (Å²) in [6.07, 6.45) is 2.61. The second-order valence-electron chi connectivity index (χ2n) is 5.22. The first kappa shape index (κ1) is 13.7. The Kier molecular flexibility index (Phi) is 3.96. The minimum Gasteiger partial charge on any atom is -0.342 e. The van der Waals surface area contributed by atoms with E-state index in [1.165, 1.54) is 0 Å². The molecule has 1 saturated heterocycles. The predicted octanol–water partition coefficient (Wildman–Crippen LogP) is 1.47. The number of nitrogens with zero attached hydrogens (tertiary/aromatic N) is 1. The van der Waals surface area contributed by atoms with E-state index < -0.39 is 5.54 Å². The van der Waals surface area contributed by atoms with Gasteiger partial charge in [-0.05, 0) is 34.1 Å². The molecule has 0 aromatic carbocycles. The van der Waals surface area contributed by atoms with Crippen LogP contribution in [0.5, 0.6) is 0 Å². The highest BCUT2D eigenvalue weighted by Gasteiger charge is 2.44. The van der Waals surface area contributed by atoms with Crippen molar-refractivity contribution in [3.8, 4) is 0 Å². The van der Waals surface area contributed by atoms with Gasteiger partial charge in [0.25, 0.3) is 0 Å². The number of rotatable bonds is 3. The summed E-state index contributed by atoms with van der Waals surface area (Å²) in [7, 11) is 0. The summed E-state index contributed by atoms with van der Waals surface area (Å²) in [4.78, 5) is 25.8. The molecule has 1 heterocycles. The van der Waals surface area contributed by atoms with Crippen LogP contribution in [0.2, 0.25) is 0 Å². The Morgan fingerprint density at radius 2 is 2.00 bits per heavy atom. The number of carbonyl (C=O) groups excluding carboxylic acids is 2. The molecule has 96 valence electrons. The lowest BCUT2D eigenvalue weighted by Gasteiger charge is -2.43. The Bertz CT molecular complexity index is 354. The first-order valence-electron chi connectivity index (χ1n) is 6.06. The zero-order chi connectivity index (χ0) is 13.2. The van der Waals surface area contributed by atoms with Gasteiger partial charge < -0.3 is 10.2 Å². The smallest absolute Gasteiger partial charge is 0.246 e. The highest BCUT2D eigenvalue weighted by atomic mass is 16.2. The zero-order valence-corrected chi connectivity index (χ0v) is 11.3. The minimum atomic E-state index is -0.769. The molecule has 1 rings (SSSR count). The van der Waals surface area contributed by atoms with E-state index in [1.807, 2.05) is 26.8 Å². The van der Waals surface area contributed by atoms with Crippen LogP contribution in [0.3, 0.4) is 0 Å². The summed E-state index contributed by atoms with van der Waals surface area (Å²) in [5.74, 6) is -0.0688. The van der Waals surface area contributed by atoms with Gasteiger partial charge in [-0.15, -0.1) is 0 Å². The predicted molar refractivity (Wildman–Crippen MR) is 67.4 cm³/mol. The van der Waals surface area contributed by atoms with Gasteiger partial charge in [-0.1, -0.05) is 18.6 Å². The molecular weight excluding hydrogens is 216 g/mol. The van der Waals surface area contributed by atoms with E-state index in [2.05, 4.69) is 5.32 Å². The molecule has 17 heavy (non-hydrogen) atoms. The lowest BCUT2D eigenvalue weighted by Crippen LogP contribution is -2.68. The Morgan fingerprint density at radius 1 is 1.41 bits per heavy atom. The molecule has 4 heteroatoms. The van der Waals surface area contributed by atoms with Crippen LogP contribution in [0, 0.1) is 0 Å². The van der Waals surface area contributed by atoms with E-state index in [0.717, 1.165) is 5.57 Å². The fourth-order valence-corrected chi connectivity index (χ4v) is 1.85. The molecule has 0 aromatic heterocycles. The van der Waals surface area contributed by atoms with Crippen LogP contribution < -0.4 is 5.32 Å². The van der Waals surface area contributed by atoms with Gasteiger partial charge in [0.1, 0.15) is 11.6 Å². The summed E-state index contributed by atoms with van der Waals surface area (Å²) in [6, 6.07) is -0.374. The molecule has 1 aliphatic heterocycles. The van der Waals surface area contributed by atoms with Crippen molar-refractivity contribution in [1.82, 2.24) is 10.2 Å². The highest BCUT2D eigenvalue weighted by Crippen LogP contribution is 2.22. The molecule has 0 saturated carbocycles. The first-order valence-corrected chi connectivity index (χ1v) is 6.06. The van der Waals surface area contributed by atoms with Gasteiger partial charge >= 0.3 is 0 Å². The van der Waals surface area contributed by atoms with Crippen molar-refractivity contribution in [2.75, 3.05) is 6.54 Å². The van der Waals surface area contributed by atoms with Crippen LogP contribution in [0.25, 0.3) is 0 Å². The Labute approximate surface area is 103 Å². The molecule has 1 atom stereocenters. The third-order valence-corrected chi connectivity index (χ3v) is 3.19. The van der Waals surface area contributed by atoms with Crippen molar-refractivity contribution in [3.63, 3.8) is 0 Å². The Hall–Kier alpha value is -1.32.